The standard InChI is InChI=1S/C14H8FNO2/c15-10-6-5-8-7-3-1-2-4-9(7)13(17)11(8)12(10)14(16)18/h1-6H,(H2,16,18). The molecule has 0 unspecified atom stereocenters. The summed E-state index contributed by atoms with van der Waals surface area (Å²) in [6, 6.07) is 9.59. The van der Waals surface area contributed by atoms with Gasteiger partial charge < -0.3 is 5.73 Å². The third-order valence-electron chi connectivity index (χ3n) is 3.09. The smallest absolute Gasteiger partial charge is 0.252 e. The van der Waals surface area contributed by atoms with Crippen LogP contribution >= 0.6 is 0 Å². The highest BCUT2D eigenvalue weighted by molar-refractivity contribution is 6.25. The second-order valence-corrected chi connectivity index (χ2v) is 4.08. The van der Waals surface area contributed by atoms with Gasteiger partial charge in [-0.2, -0.15) is 0 Å². The van der Waals surface area contributed by atoms with Crippen molar-refractivity contribution in [3.8, 4) is 11.1 Å². The Bertz CT molecular complexity index is 707. The van der Waals surface area contributed by atoms with Crippen molar-refractivity contribution >= 4 is 11.7 Å². The Hall–Kier alpha value is -2.49. The third kappa shape index (κ3) is 1.23. The van der Waals surface area contributed by atoms with Gasteiger partial charge in [0.05, 0.1) is 5.56 Å². The van der Waals surface area contributed by atoms with Crippen LogP contribution in [0, 0.1) is 5.82 Å². The quantitative estimate of drug-likeness (QED) is 0.709. The Labute approximate surface area is 102 Å². The van der Waals surface area contributed by atoms with Crippen molar-refractivity contribution in [3.63, 3.8) is 0 Å². The SMILES string of the molecule is NC(=O)c1c(F)ccc2c1C(=O)c1ccccc1-2. The topological polar surface area (TPSA) is 60.2 Å². The monoisotopic (exact) mass is 241 g/mol. The van der Waals surface area contributed by atoms with Gasteiger partial charge in [0, 0.05) is 11.1 Å². The number of fused-ring (bicyclic) bond motifs is 3. The number of amides is 1. The highest BCUT2D eigenvalue weighted by atomic mass is 19.1. The third-order valence-corrected chi connectivity index (χ3v) is 3.09. The van der Waals surface area contributed by atoms with E-state index in [1.54, 1.807) is 24.3 Å². The summed E-state index contributed by atoms with van der Waals surface area (Å²) in [5, 5.41) is 0. The molecule has 1 aliphatic rings. The number of hydrogen-bond donors (Lipinski definition) is 1. The molecule has 1 amide bonds. The molecule has 18 heavy (non-hydrogen) atoms. The molecule has 0 radical (unpaired) electrons. The van der Waals surface area contributed by atoms with Crippen molar-refractivity contribution in [1.82, 2.24) is 0 Å². The number of carbonyl (C=O) groups is 2. The van der Waals surface area contributed by atoms with Crippen molar-refractivity contribution in [2.75, 3.05) is 0 Å². The van der Waals surface area contributed by atoms with Crippen LogP contribution in [-0.2, 0) is 0 Å². The number of ketones is 1. The first-order valence-electron chi connectivity index (χ1n) is 5.37. The summed E-state index contributed by atoms with van der Waals surface area (Å²) in [4.78, 5) is 23.5. The van der Waals surface area contributed by atoms with Crippen LogP contribution in [0.3, 0.4) is 0 Å². The van der Waals surface area contributed by atoms with Crippen LogP contribution in [0.2, 0.25) is 0 Å². The van der Waals surface area contributed by atoms with E-state index in [0.717, 1.165) is 6.07 Å². The molecule has 0 aromatic heterocycles. The molecular weight excluding hydrogens is 233 g/mol. The number of benzene rings is 2. The van der Waals surface area contributed by atoms with Crippen molar-refractivity contribution in [1.29, 1.82) is 0 Å². The van der Waals surface area contributed by atoms with Crippen LogP contribution in [0.4, 0.5) is 4.39 Å². The molecule has 0 fully saturated rings. The zero-order valence-corrected chi connectivity index (χ0v) is 9.24. The number of rotatable bonds is 1. The Morgan fingerprint density at radius 1 is 1.00 bits per heavy atom. The number of halogens is 1. The van der Waals surface area contributed by atoms with E-state index < -0.39 is 11.7 Å². The summed E-state index contributed by atoms with van der Waals surface area (Å²) < 4.78 is 13.6. The average Bonchev–Trinajstić information content (AvgIpc) is 2.63. The van der Waals surface area contributed by atoms with E-state index in [-0.39, 0.29) is 16.9 Å². The number of carbonyl (C=O) groups excluding carboxylic acids is 2. The fourth-order valence-electron chi connectivity index (χ4n) is 2.33. The predicted octanol–water partition coefficient (Wildman–Crippen LogP) is 2.14. The maximum atomic E-state index is 13.6. The molecule has 0 heterocycles. The van der Waals surface area contributed by atoms with E-state index in [4.69, 9.17) is 5.73 Å². The van der Waals surface area contributed by atoms with Crippen molar-refractivity contribution in [3.05, 3.63) is 58.9 Å². The normalized spacial score (nSPS) is 12.2. The number of nitrogens with two attached hydrogens (primary N) is 1. The van der Waals surface area contributed by atoms with Gasteiger partial charge in [-0.3, -0.25) is 9.59 Å². The van der Waals surface area contributed by atoms with Gasteiger partial charge in [-0.1, -0.05) is 30.3 Å². The largest absolute Gasteiger partial charge is 0.365 e. The lowest BCUT2D eigenvalue weighted by Gasteiger charge is -2.05. The van der Waals surface area contributed by atoms with E-state index in [1.165, 1.54) is 6.07 Å². The summed E-state index contributed by atoms with van der Waals surface area (Å²) in [5.41, 5.74) is 6.64. The number of hydrogen-bond acceptors (Lipinski definition) is 2. The molecule has 4 heteroatoms. The van der Waals surface area contributed by atoms with Gasteiger partial charge in [0.15, 0.2) is 5.78 Å². The lowest BCUT2D eigenvalue weighted by molar-refractivity contribution is 0.0979. The van der Waals surface area contributed by atoms with Gasteiger partial charge in [0.1, 0.15) is 5.82 Å². The average molecular weight is 241 g/mol. The Morgan fingerprint density at radius 3 is 2.33 bits per heavy atom. The minimum Gasteiger partial charge on any atom is -0.365 e. The molecule has 2 aromatic carbocycles. The first-order chi connectivity index (χ1) is 8.61. The summed E-state index contributed by atoms with van der Waals surface area (Å²) in [6.07, 6.45) is 0. The zero-order chi connectivity index (χ0) is 12.9. The predicted molar refractivity (Wildman–Crippen MR) is 63.8 cm³/mol. The minimum atomic E-state index is -0.925. The molecular formula is C14H8FNO2. The molecule has 0 saturated heterocycles. The van der Waals surface area contributed by atoms with Gasteiger partial charge in [-0.15, -0.1) is 0 Å². The van der Waals surface area contributed by atoms with Crippen molar-refractivity contribution in [2.45, 2.75) is 0 Å². The van der Waals surface area contributed by atoms with Gasteiger partial charge in [0.2, 0.25) is 0 Å². The van der Waals surface area contributed by atoms with Crippen LogP contribution in [0.1, 0.15) is 26.3 Å². The van der Waals surface area contributed by atoms with Crippen LogP contribution < -0.4 is 5.73 Å². The second-order valence-electron chi connectivity index (χ2n) is 4.08. The van der Waals surface area contributed by atoms with E-state index in [9.17, 15) is 14.0 Å². The van der Waals surface area contributed by atoms with Gasteiger partial charge >= 0.3 is 0 Å². The van der Waals surface area contributed by atoms with Crippen LogP contribution in [0.25, 0.3) is 11.1 Å². The van der Waals surface area contributed by atoms with E-state index in [1.807, 2.05) is 0 Å². The fourth-order valence-corrected chi connectivity index (χ4v) is 2.33. The van der Waals surface area contributed by atoms with E-state index in [0.29, 0.717) is 16.7 Å². The first kappa shape index (κ1) is 10.7. The second kappa shape index (κ2) is 3.50. The lowest BCUT2D eigenvalue weighted by Crippen LogP contribution is -2.17. The Balaban J connectivity index is 2.41. The highest BCUT2D eigenvalue weighted by Crippen LogP contribution is 2.38. The zero-order valence-electron chi connectivity index (χ0n) is 9.24. The molecule has 3 nitrogen and oxygen atoms in total. The van der Waals surface area contributed by atoms with Crippen LogP contribution in [0.15, 0.2) is 36.4 Å². The van der Waals surface area contributed by atoms with Crippen LogP contribution in [0.5, 0.6) is 0 Å². The molecule has 88 valence electrons. The highest BCUT2D eigenvalue weighted by Gasteiger charge is 2.32. The molecule has 2 aromatic rings. The van der Waals surface area contributed by atoms with E-state index >= 15 is 0 Å². The molecule has 2 N–H and O–H groups in total. The maximum absolute atomic E-state index is 13.6. The summed E-state index contributed by atoms with van der Waals surface area (Å²) in [7, 11) is 0. The van der Waals surface area contributed by atoms with Gasteiger partial charge in [0.25, 0.3) is 5.91 Å². The molecule has 3 rings (SSSR count). The summed E-state index contributed by atoms with van der Waals surface area (Å²) >= 11 is 0. The Morgan fingerprint density at radius 2 is 1.67 bits per heavy atom. The molecule has 1 aliphatic carbocycles. The lowest BCUT2D eigenvalue weighted by atomic mass is 10.00. The Kier molecular flexibility index (Phi) is 2.07. The van der Waals surface area contributed by atoms with Crippen molar-refractivity contribution < 1.29 is 14.0 Å². The molecule has 0 saturated carbocycles. The van der Waals surface area contributed by atoms with E-state index in [2.05, 4.69) is 0 Å². The summed E-state index contributed by atoms with van der Waals surface area (Å²) in [6.45, 7) is 0. The molecule has 0 spiro atoms. The molecule has 0 atom stereocenters. The minimum absolute atomic E-state index is 0.0729. The van der Waals surface area contributed by atoms with Crippen LogP contribution in [-0.4, -0.2) is 11.7 Å². The van der Waals surface area contributed by atoms with Gasteiger partial charge in [-0.25, -0.2) is 4.39 Å². The number of primary amides is 1. The summed E-state index contributed by atoms with van der Waals surface area (Å²) in [5.74, 6) is -2.04. The maximum Gasteiger partial charge on any atom is 0.252 e. The molecule has 0 bridgehead atoms. The molecule has 0 aliphatic heterocycles. The fraction of sp³-hybridized carbons (Fsp3) is 0. The first-order valence-corrected chi connectivity index (χ1v) is 5.37. The van der Waals surface area contributed by atoms with Gasteiger partial charge in [-0.05, 0) is 17.2 Å². The van der Waals surface area contributed by atoms with Crippen molar-refractivity contribution in [2.24, 2.45) is 5.73 Å².